The van der Waals surface area contributed by atoms with Gasteiger partial charge in [-0.2, -0.15) is 5.26 Å². The van der Waals surface area contributed by atoms with Crippen molar-refractivity contribution >= 4 is 22.3 Å². The van der Waals surface area contributed by atoms with Crippen molar-refractivity contribution in [1.82, 2.24) is 15.0 Å². The summed E-state index contributed by atoms with van der Waals surface area (Å²) in [5.41, 5.74) is 2.22. The maximum atomic E-state index is 12.6. The van der Waals surface area contributed by atoms with Gasteiger partial charge >= 0.3 is 0 Å². The number of rotatable bonds is 8. The molecule has 0 aliphatic rings. The molecule has 0 aliphatic carbocycles. The van der Waals surface area contributed by atoms with Crippen LogP contribution in [0, 0.1) is 11.3 Å². The first-order valence-electron chi connectivity index (χ1n) is 10.6. The van der Waals surface area contributed by atoms with Crippen molar-refractivity contribution in [3.63, 3.8) is 0 Å². The summed E-state index contributed by atoms with van der Waals surface area (Å²) in [6, 6.07) is 15.1. The summed E-state index contributed by atoms with van der Waals surface area (Å²) in [5, 5.41) is 13.7. The third-order valence-electron chi connectivity index (χ3n) is 5.06. The highest BCUT2D eigenvalue weighted by molar-refractivity contribution is 5.95. The summed E-state index contributed by atoms with van der Waals surface area (Å²) in [4.78, 5) is 24.2. The molecular weight excluding hydrogens is 402 g/mol. The van der Waals surface area contributed by atoms with Crippen molar-refractivity contribution < 1.29 is 4.74 Å². The largest absolute Gasteiger partial charge is 0.491 e. The second-order valence-electron chi connectivity index (χ2n) is 7.38. The lowest BCUT2D eigenvalue weighted by Gasteiger charge is -2.15. The summed E-state index contributed by atoms with van der Waals surface area (Å²) >= 11 is 0. The van der Waals surface area contributed by atoms with Crippen LogP contribution >= 0.6 is 0 Å². The zero-order valence-corrected chi connectivity index (χ0v) is 17.8. The molecule has 3 aromatic heterocycles. The Labute approximate surface area is 185 Å². The number of hydrogen-bond donors (Lipinski definition) is 2. The Balaban J connectivity index is 1.77. The van der Waals surface area contributed by atoms with Gasteiger partial charge in [0.25, 0.3) is 5.56 Å². The second-order valence-corrected chi connectivity index (χ2v) is 7.38. The molecule has 0 amide bonds. The van der Waals surface area contributed by atoms with Crippen LogP contribution in [-0.2, 0) is 0 Å². The van der Waals surface area contributed by atoms with Crippen LogP contribution in [0.25, 0.3) is 22.0 Å². The van der Waals surface area contributed by atoms with E-state index in [1.54, 1.807) is 18.5 Å². The molecule has 7 heteroatoms. The van der Waals surface area contributed by atoms with E-state index in [9.17, 15) is 10.1 Å². The first kappa shape index (κ1) is 21.1. The van der Waals surface area contributed by atoms with Crippen LogP contribution in [0.5, 0.6) is 5.75 Å². The third kappa shape index (κ3) is 4.60. The zero-order valence-electron chi connectivity index (χ0n) is 17.8. The molecule has 0 fully saturated rings. The molecule has 0 unspecified atom stereocenters. The fourth-order valence-corrected chi connectivity index (χ4v) is 3.45. The number of unbranched alkanes of at least 4 members (excludes halogenated alkanes) is 2. The fourth-order valence-electron chi connectivity index (χ4n) is 3.45. The minimum Gasteiger partial charge on any atom is -0.491 e. The molecule has 0 bridgehead atoms. The minimum absolute atomic E-state index is 0.241. The van der Waals surface area contributed by atoms with E-state index >= 15 is 0 Å². The summed E-state index contributed by atoms with van der Waals surface area (Å²) in [7, 11) is 0. The number of H-pyrrole nitrogens is 1. The molecule has 3 heterocycles. The molecule has 0 aliphatic heterocycles. The van der Waals surface area contributed by atoms with Gasteiger partial charge < -0.3 is 15.0 Å². The van der Waals surface area contributed by atoms with E-state index in [0.717, 1.165) is 30.3 Å². The number of ether oxygens (including phenoxy) is 1. The number of hydrogen-bond acceptors (Lipinski definition) is 6. The average molecular weight is 425 g/mol. The van der Waals surface area contributed by atoms with Crippen LogP contribution in [0.1, 0.15) is 31.7 Å². The first-order valence-corrected chi connectivity index (χ1v) is 10.6. The molecule has 0 spiro atoms. The Morgan fingerprint density at radius 1 is 1.16 bits per heavy atom. The molecule has 7 nitrogen and oxygen atoms in total. The number of fused-ring (bicyclic) bond motifs is 1. The summed E-state index contributed by atoms with van der Waals surface area (Å²) in [5.74, 6) is 1.11. The Kier molecular flexibility index (Phi) is 6.42. The predicted octanol–water partition coefficient (Wildman–Crippen LogP) is 5.17. The third-order valence-corrected chi connectivity index (χ3v) is 5.06. The first-order chi connectivity index (χ1) is 15.7. The normalized spacial score (nSPS) is 10.6. The fraction of sp³-hybridized carbons (Fsp3) is 0.200. The number of pyridine rings is 3. The second kappa shape index (κ2) is 9.75. The molecule has 2 N–H and O–H groups in total. The van der Waals surface area contributed by atoms with Crippen LogP contribution in [-0.4, -0.2) is 21.6 Å². The predicted molar refractivity (Wildman–Crippen MR) is 125 cm³/mol. The van der Waals surface area contributed by atoms with Gasteiger partial charge in [0.2, 0.25) is 0 Å². The van der Waals surface area contributed by atoms with E-state index in [1.807, 2.05) is 36.4 Å². The topological polar surface area (TPSA) is 104 Å². The standard InChI is InChI=1S/C25H23N5O2/c1-2-3-6-11-32-22-8-5-4-7-20(22)29-24-23-18(9-10-28-25(23)31)13-21(30-24)19-12-17(14-26)15-27-16-19/h4-5,7-10,12-13,15-16H,2-3,6,11H2,1H3,(H,28,31)(H,29,30). The SMILES string of the molecule is CCCCCOc1ccccc1Nc1nc(-c2cncc(C#N)c2)cc2cc[nH]c(=O)c12. The maximum Gasteiger partial charge on any atom is 0.259 e. The highest BCUT2D eigenvalue weighted by Crippen LogP contribution is 2.31. The molecule has 0 radical (unpaired) electrons. The van der Waals surface area contributed by atoms with E-state index in [-0.39, 0.29) is 5.56 Å². The maximum absolute atomic E-state index is 12.6. The lowest BCUT2D eigenvalue weighted by Crippen LogP contribution is -2.10. The van der Waals surface area contributed by atoms with Gasteiger partial charge in [-0.05, 0) is 42.1 Å². The van der Waals surface area contributed by atoms with Gasteiger partial charge in [0.15, 0.2) is 0 Å². The molecule has 4 aromatic rings. The Morgan fingerprint density at radius 2 is 2.03 bits per heavy atom. The molecule has 1 aromatic carbocycles. The zero-order chi connectivity index (χ0) is 22.3. The van der Waals surface area contributed by atoms with Gasteiger partial charge in [-0.25, -0.2) is 4.98 Å². The number of aromatic amines is 1. The monoisotopic (exact) mass is 425 g/mol. The van der Waals surface area contributed by atoms with Crippen molar-refractivity contribution in [2.24, 2.45) is 0 Å². The van der Waals surface area contributed by atoms with Crippen molar-refractivity contribution in [1.29, 1.82) is 5.26 Å². The number of nitriles is 1. The average Bonchev–Trinajstić information content (AvgIpc) is 2.82. The molecule has 32 heavy (non-hydrogen) atoms. The van der Waals surface area contributed by atoms with E-state index < -0.39 is 0 Å². The molecule has 160 valence electrons. The van der Waals surface area contributed by atoms with Gasteiger partial charge in [-0.1, -0.05) is 31.9 Å². The molecule has 0 atom stereocenters. The summed E-state index contributed by atoms with van der Waals surface area (Å²) in [6.07, 6.45) is 7.96. The van der Waals surface area contributed by atoms with Crippen molar-refractivity contribution in [2.45, 2.75) is 26.2 Å². The minimum atomic E-state index is -0.241. The van der Waals surface area contributed by atoms with Crippen LogP contribution < -0.4 is 15.6 Å². The van der Waals surface area contributed by atoms with Crippen LogP contribution in [0.3, 0.4) is 0 Å². The number of anilines is 2. The summed E-state index contributed by atoms with van der Waals surface area (Å²) < 4.78 is 5.98. The van der Waals surface area contributed by atoms with Crippen LogP contribution in [0.2, 0.25) is 0 Å². The summed E-state index contributed by atoms with van der Waals surface area (Å²) in [6.45, 7) is 2.77. The van der Waals surface area contributed by atoms with Gasteiger partial charge in [0.1, 0.15) is 17.6 Å². The number of nitrogens with zero attached hydrogens (tertiary/aromatic N) is 3. The van der Waals surface area contributed by atoms with Gasteiger partial charge in [0, 0.05) is 24.2 Å². The smallest absolute Gasteiger partial charge is 0.259 e. The number of benzene rings is 1. The van der Waals surface area contributed by atoms with Crippen LogP contribution in [0.4, 0.5) is 11.5 Å². The number of para-hydroxylation sites is 2. The lowest BCUT2D eigenvalue weighted by atomic mass is 10.1. The highest BCUT2D eigenvalue weighted by atomic mass is 16.5. The molecule has 4 rings (SSSR count). The Bertz CT molecular complexity index is 1340. The van der Waals surface area contributed by atoms with E-state index in [1.165, 1.54) is 6.20 Å². The van der Waals surface area contributed by atoms with Gasteiger partial charge in [-0.15, -0.1) is 0 Å². The number of nitrogens with one attached hydrogen (secondary N) is 2. The molecule has 0 saturated heterocycles. The van der Waals surface area contributed by atoms with E-state index in [2.05, 4.69) is 28.3 Å². The molecule has 0 saturated carbocycles. The Morgan fingerprint density at radius 3 is 2.88 bits per heavy atom. The van der Waals surface area contributed by atoms with Crippen molar-refractivity contribution in [3.05, 3.63) is 77.0 Å². The Hall–Kier alpha value is -4.18. The molecular formula is C25H23N5O2. The van der Waals surface area contributed by atoms with E-state index in [0.29, 0.717) is 40.4 Å². The van der Waals surface area contributed by atoms with Crippen molar-refractivity contribution in [3.8, 4) is 23.1 Å². The van der Waals surface area contributed by atoms with Crippen molar-refractivity contribution in [2.75, 3.05) is 11.9 Å². The van der Waals surface area contributed by atoms with E-state index in [4.69, 9.17) is 9.72 Å². The van der Waals surface area contributed by atoms with Crippen LogP contribution in [0.15, 0.2) is 65.8 Å². The highest BCUT2D eigenvalue weighted by Gasteiger charge is 2.14. The number of aromatic nitrogens is 3. The van der Waals surface area contributed by atoms with Gasteiger partial charge in [0.05, 0.1) is 28.9 Å². The lowest BCUT2D eigenvalue weighted by molar-refractivity contribution is 0.308. The van der Waals surface area contributed by atoms with Gasteiger partial charge in [-0.3, -0.25) is 9.78 Å². The quantitative estimate of drug-likeness (QED) is 0.378.